The lowest BCUT2D eigenvalue weighted by atomic mass is 10.0. The molecule has 1 atom stereocenters. The number of rotatable bonds is 4. The van der Waals surface area contributed by atoms with Gasteiger partial charge in [-0.3, -0.25) is 4.79 Å². The number of hydrogen-bond acceptors (Lipinski definition) is 4. The van der Waals surface area contributed by atoms with Crippen molar-refractivity contribution in [2.75, 3.05) is 25.0 Å². The van der Waals surface area contributed by atoms with Crippen molar-refractivity contribution in [3.05, 3.63) is 39.4 Å². The number of pyridine rings is 1. The number of anilines is 1. The topological polar surface area (TPSA) is 74.6 Å². The second kappa shape index (κ2) is 5.80. The molecule has 1 aromatic heterocycles. The summed E-state index contributed by atoms with van der Waals surface area (Å²) in [6, 6.07) is 2.28. The summed E-state index contributed by atoms with van der Waals surface area (Å²) in [4.78, 5) is 26.4. The fourth-order valence-corrected chi connectivity index (χ4v) is 4.91. The van der Waals surface area contributed by atoms with E-state index in [1.165, 1.54) is 6.20 Å². The Kier molecular flexibility index (Phi) is 3.66. The largest absolute Gasteiger partial charge is 0.477 e. The minimum atomic E-state index is -1.27. The van der Waals surface area contributed by atoms with Gasteiger partial charge in [0.1, 0.15) is 11.4 Å². The number of carbonyl (C=O) groups is 1. The number of aromatic nitrogens is 1. The molecule has 7 heteroatoms. The van der Waals surface area contributed by atoms with Gasteiger partial charge in [0.25, 0.3) is 0 Å². The molecule has 1 aliphatic heterocycles. The second-order valence-electron chi connectivity index (χ2n) is 8.63. The second-order valence-corrected chi connectivity index (χ2v) is 8.63. The van der Waals surface area contributed by atoms with Crippen molar-refractivity contribution in [2.45, 2.75) is 44.7 Å². The first kappa shape index (κ1) is 17.7. The minimum absolute atomic E-state index is 0.178. The summed E-state index contributed by atoms with van der Waals surface area (Å²) >= 11 is 0. The molecule has 1 spiro atoms. The van der Waals surface area contributed by atoms with Crippen LogP contribution in [0.4, 0.5) is 10.1 Å². The number of likely N-dealkylation sites (N-methyl/N-ethyl adjacent to an activating group) is 1. The van der Waals surface area contributed by atoms with Crippen LogP contribution in [0.15, 0.2) is 17.1 Å². The average molecular weight is 385 g/mol. The van der Waals surface area contributed by atoms with Gasteiger partial charge in [-0.1, -0.05) is 0 Å². The predicted molar refractivity (Wildman–Crippen MR) is 105 cm³/mol. The number of carboxylic acid groups (broad SMARTS) is 1. The van der Waals surface area contributed by atoms with Crippen LogP contribution in [-0.2, 0) is 0 Å². The number of nitrogens with one attached hydrogen (secondary N) is 1. The molecular weight excluding hydrogens is 361 g/mol. The van der Waals surface area contributed by atoms with Crippen LogP contribution in [0.25, 0.3) is 10.9 Å². The zero-order valence-corrected chi connectivity index (χ0v) is 16.1. The van der Waals surface area contributed by atoms with E-state index in [0.29, 0.717) is 17.2 Å². The molecule has 3 aliphatic rings. The average Bonchev–Trinajstić information content (AvgIpc) is 3.56. The summed E-state index contributed by atoms with van der Waals surface area (Å²) in [5, 5.41) is 13.0. The van der Waals surface area contributed by atoms with E-state index in [1.807, 2.05) is 11.6 Å². The molecule has 0 bridgehead atoms. The minimum Gasteiger partial charge on any atom is -0.477 e. The van der Waals surface area contributed by atoms with Gasteiger partial charge < -0.3 is 19.9 Å². The van der Waals surface area contributed by atoms with E-state index >= 15 is 4.39 Å². The Bertz CT molecular complexity index is 1070. The Hall–Kier alpha value is -2.41. The van der Waals surface area contributed by atoms with Crippen LogP contribution in [0.1, 0.15) is 47.6 Å². The van der Waals surface area contributed by atoms with Crippen LogP contribution in [0.5, 0.6) is 0 Å². The Morgan fingerprint density at radius 1 is 1.36 bits per heavy atom. The van der Waals surface area contributed by atoms with E-state index < -0.39 is 17.2 Å². The molecule has 148 valence electrons. The Morgan fingerprint density at radius 2 is 2.07 bits per heavy atom. The molecule has 1 aromatic carbocycles. The van der Waals surface area contributed by atoms with Crippen molar-refractivity contribution >= 4 is 22.6 Å². The quantitative estimate of drug-likeness (QED) is 0.847. The summed E-state index contributed by atoms with van der Waals surface area (Å²) in [7, 11) is 1.95. The van der Waals surface area contributed by atoms with Crippen LogP contribution < -0.4 is 15.6 Å². The number of nitrogens with zero attached hydrogens (tertiary/aromatic N) is 2. The molecule has 2 aliphatic carbocycles. The molecule has 28 heavy (non-hydrogen) atoms. The highest BCUT2D eigenvalue weighted by atomic mass is 19.1. The van der Waals surface area contributed by atoms with E-state index in [9.17, 15) is 14.7 Å². The summed E-state index contributed by atoms with van der Waals surface area (Å²) in [5.74, 6) is -1.68. The number of benzene rings is 1. The van der Waals surface area contributed by atoms with Gasteiger partial charge in [-0.25, -0.2) is 9.18 Å². The van der Waals surface area contributed by atoms with Crippen molar-refractivity contribution in [1.29, 1.82) is 0 Å². The SMILES string of the molecule is CNC1CN(c2cc3c(c(C)c2F)c(=O)c(C(=O)O)cn3C2CC2)CC12CC2. The summed E-state index contributed by atoms with van der Waals surface area (Å²) < 4.78 is 17.3. The molecule has 0 amide bonds. The fraction of sp³-hybridized carbons (Fsp3) is 0.524. The van der Waals surface area contributed by atoms with E-state index in [4.69, 9.17) is 0 Å². The molecule has 0 radical (unpaired) electrons. The molecule has 2 aromatic rings. The molecule has 1 saturated heterocycles. The van der Waals surface area contributed by atoms with Gasteiger partial charge >= 0.3 is 5.97 Å². The Morgan fingerprint density at radius 3 is 2.61 bits per heavy atom. The third-order valence-corrected chi connectivity index (χ3v) is 6.88. The van der Waals surface area contributed by atoms with Crippen molar-refractivity contribution in [1.82, 2.24) is 9.88 Å². The van der Waals surface area contributed by atoms with Gasteiger partial charge in [0, 0.05) is 42.3 Å². The fourth-order valence-electron chi connectivity index (χ4n) is 4.91. The van der Waals surface area contributed by atoms with Gasteiger partial charge in [-0.2, -0.15) is 0 Å². The lowest BCUT2D eigenvalue weighted by molar-refractivity contribution is 0.0695. The predicted octanol–water partition coefficient (Wildman–Crippen LogP) is 2.67. The number of carboxylic acids is 1. The van der Waals surface area contributed by atoms with E-state index in [2.05, 4.69) is 10.2 Å². The summed E-state index contributed by atoms with van der Waals surface area (Å²) in [6.07, 6.45) is 5.62. The highest BCUT2D eigenvalue weighted by molar-refractivity contribution is 5.95. The monoisotopic (exact) mass is 385 g/mol. The third-order valence-electron chi connectivity index (χ3n) is 6.88. The molecule has 1 unspecified atom stereocenters. The van der Waals surface area contributed by atoms with Gasteiger partial charge in [0.15, 0.2) is 0 Å². The first-order chi connectivity index (χ1) is 13.4. The first-order valence-corrected chi connectivity index (χ1v) is 9.90. The Balaban J connectivity index is 1.72. The molecule has 2 N–H and O–H groups in total. The first-order valence-electron chi connectivity index (χ1n) is 9.90. The summed E-state index contributed by atoms with van der Waals surface area (Å²) in [6.45, 7) is 3.13. The van der Waals surface area contributed by atoms with Crippen LogP contribution in [0, 0.1) is 18.2 Å². The van der Waals surface area contributed by atoms with E-state index in [1.54, 1.807) is 13.0 Å². The number of aryl methyl sites for hydroxylation is 1. The lowest BCUT2D eigenvalue weighted by Gasteiger charge is -2.23. The van der Waals surface area contributed by atoms with Gasteiger partial charge in [-0.05, 0) is 45.7 Å². The lowest BCUT2D eigenvalue weighted by Crippen LogP contribution is -2.34. The zero-order chi connectivity index (χ0) is 19.8. The highest BCUT2D eigenvalue weighted by Gasteiger charge is 2.54. The standard InChI is InChI=1S/C21H24FN3O3/c1-11-17-14(25(12-3-4-12)8-13(19(17)26)20(27)28)7-15(18(11)22)24-9-16(23-2)21(10-24)5-6-21/h7-8,12,16,23H,3-6,9-10H2,1-2H3,(H,27,28). The molecule has 2 saturated carbocycles. The molecule has 3 fully saturated rings. The number of hydrogen-bond donors (Lipinski definition) is 2. The molecule has 5 rings (SSSR count). The number of fused-ring (bicyclic) bond motifs is 1. The zero-order valence-electron chi connectivity index (χ0n) is 16.1. The number of halogens is 1. The maximum absolute atomic E-state index is 15.4. The molecular formula is C21H24FN3O3. The van der Waals surface area contributed by atoms with Crippen molar-refractivity contribution in [3.8, 4) is 0 Å². The van der Waals surface area contributed by atoms with Gasteiger partial charge in [0.2, 0.25) is 5.43 Å². The molecule has 2 heterocycles. The molecule has 6 nitrogen and oxygen atoms in total. The van der Waals surface area contributed by atoms with Crippen molar-refractivity contribution < 1.29 is 14.3 Å². The van der Waals surface area contributed by atoms with Crippen LogP contribution in [-0.4, -0.2) is 41.8 Å². The van der Waals surface area contributed by atoms with Gasteiger partial charge in [0.05, 0.1) is 16.6 Å². The van der Waals surface area contributed by atoms with Crippen LogP contribution >= 0.6 is 0 Å². The van der Waals surface area contributed by atoms with Crippen molar-refractivity contribution in [2.24, 2.45) is 5.41 Å². The normalized spacial score (nSPS) is 23.0. The van der Waals surface area contributed by atoms with Crippen LogP contribution in [0.3, 0.4) is 0 Å². The van der Waals surface area contributed by atoms with Gasteiger partial charge in [-0.15, -0.1) is 0 Å². The smallest absolute Gasteiger partial charge is 0.341 e. The van der Waals surface area contributed by atoms with E-state index in [0.717, 1.165) is 38.8 Å². The van der Waals surface area contributed by atoms with Crippen molar-refractivity contribution in [3.63, 3.8) is 0 Å². The van der Waals surface area contributed by atoms with Crippen LogP contribution in [0.2, 0.25) is 0 Å². The highest BCUT2D eigenvalue weighted by Crippen LogP contribution is 2.54. The maximum Gasteiger partial charge on any atom is 0.341 e. The van der Waals surface area contributed by atoms with E-state index in [-0.39, 0.29) is 28.0 Å². The summed E-state index contributed by atoms with van der Waals surface area (Å²) in [5.41, 5.74) is 0.745. The number of aromatic carboxylic acids is 1. The third kappa shape index (κ3) is 2.42. The Labute approximate surface area is 161 Å². The maximum atomic E-state index is 15.4.